The van der Waals surface area contributed by atoms with E-state index >= 15 is 0 Å². The molecule has 0 fully saturated rings. The van der Waals surface area contributed by atoms with Gasteiger partial charge in [0.25, 0.3) is 5.91 Å². The maximum atomic E-state index is 13.4. The van der Waals surface area contributed by atoms with Gasteiger partial charge >= 0.3 is 0 Å². The van der Waals surface area contributed by atoms with Crippen molar-refractivity contribution in [1.29, 1.82) is 0 Å². The van der Waals surface area contributed by atoms with E-state index in [0.717, 1.165) is 16.9 Å². The molecule has 0 unspecified atom stereocenters. The molecule has 30 heavy (non-hydrogen) atoms. The van der Waals surface area contributed by atoms with E-state index in [-0.39, 0.29) is 29.1 Å². The summed E-state index contributed by atoms with van der Waals surface area (Å²) in [6.45, 7) is 3.57. The van der Waals surface area contributed by atoms with Gasteiger partial charge in [0, 0.05) is 30.5 Å². The average Bonchev–Trinajstić information content (AvgIpc) is 2.74. The summed E-state index contributed by atoms with van der Waals surface area (Å²) in [5.41, 5.74) is 2.93. The van der Waals surface area contributed by atoms with Crippen molar-refractivity contribution in [3.8, 4) is 0 Å². The number of anilines is 2. The van der Waals surface area contributed by atoms with Crippen LogP contribution in [0, 0.1) is 0 Å². The van der Waals surface area contributed by atoms with Crippen LogP contribution in [0.3, 0.4) is 0 Å². The van der Waals surface area contributed by atoms with Crippen LogP contribution in [0.1, 0.15) is 42.2 Å². The van der Waals surface area contributed by atoms with Crippen LogP contribution in [0.4, 0.5) is 11.4 Å². The smallest absolute Gasteiger partial charge is 0.261 e. The first-order valence-electron chi connectivity index (χ1n) is 9.87. The third-order valence-electron chi connectivity index (χ3n) is 5.45. The molecule has 1 aliphatic rings. The van der Waals surface area contributed by atoms with E-state index in [1.165, 1.54) is 0 Å². The van der Waals surface area contributed by atoms with Crippen molar-refractivity contribution in [2.24, 2.45) is 0 Å². The lowest BCUT2D eigenvalue weighted by atomic mass is 9.89. The summed E-state index contributed by atoms with van der Waals surface area (Å²) in [7, 11) is 0. The number of benzene rings is 2. The number of amides is 2. The molecule has 3 aromatic rings. The zero-order chi connectivity index (χ0) is 21.3. The van der Waals surface area contributed by atoms with Gasteiger partial charge in [-0.2, -0.15) is 0 Å². The Balaban J connectivity index is 1.80. The lowest BCUT2D eigenvalue weighted by Crippen LogP contribution is -2.47. The van der Waals surface area contributed by atoms with Gasteiger partial charge in [0.05, 0.1) is 11.6 Å². The number of carbonyl (C=O) groups is 2. The fourth-order valence-electron chi connectivity index (χ4n) is 4.18. The minimum absolute atomic E-state index is 0.0386. The standard InChI is InChI=1S/C24H22ClN3O2/c1-16-15-22(28(17(2)29)18-9-4-3-5-10-18)19-11-6-7-13-21(19)27(16)24(30)20-12-8-14-26-23(20)25/h3-14,16,22H,15H2,1-2H3/t16-,22+/m1/s1. The third kappa shape index (κ3) is 3.57. The summed E-state index contributed by atoms with van der Waals surface area (Å²) in [5, 5.41) is 0.184. The zero-order valence-corrected chi connectivity index (χ0v) is 17.6. The second-order valence-electron chi connectivity index (χ2n) is 7.40. The monoisotopic (exact) mass is 419 g/mol. The highest BCUT2D eigenvalue weighted by Crippen LogP contribution is 2.42. The number of hydrogen-bond donors (Lipinski definition) is 0. The Labute approximate surface area is 180 Å². The molecule has 2 heterocycles. The van der Waals surface area contributed by atoms with Gasteiger partial charge in [0.15, 0.2) is 0 Å². The average molecular weight is 420 g/mol. The van der Waals surface area contributed by atoms with Crippen molar-refractivity contribution in [1.82, 2.24) is 4.98 Å². The number of fused-ring (bicyclic) bond motifs is 1. The molecule has 0 bridgehead atoms. The number of rotatable bonds is 3. The lowest BCUT2D eigenvalue weighted by Gasteiger charge is -2.43. The predicted octanol–water partition coefficient (Wildman–Crippen LogP) is 5.27. The summed E-state index contributed by atoms with van der Waals surface area (Å²) in [6, 6.07) is 20.4. The number of aromatic nitrogens is 1. The molecule has 2 aromatic carbocycles. The Hall–Kier alpha value is -3.18. The van der Waals surface area contributed by atoms with Crippen molar-refractivity contribution in [3.63, 3.8) is 0 Å². The van der Waals surface area contributed by atoms with Crippen LogP contribution in [0.2, 0.25) is 5.15 Å². The van der Waals surface area contributed by atoms with Gasteiger partial charge in [-0.05, 0) is 49.2 Å². The molecule has 0 saturated heterocycles. The highest BCUT2D eigenvalue weighted by atomic mass is 35.5. The van der Waals surface area contributed by atoms with E-state index in [4.69, 9.17) is 11.6 Å². The van der Waals surface area contributed by atoms with Gasteiger partial charge in [-0.3, -0.25) is 9.59 Å². The van der Waals surface area contributed by atoms with E-state index < -0.39 is 0 Å². The van der Waals surface area contributed by atoms with Gasteiger partial charge < -0.3 is 9.80 Å². The summed E-state index contributed by atoms with van der Waals surface area (Å²) >= 11 is 6.20. The van der Waals surface area contributed by atoms with Gasteiger partial charge in [-0.25, -0.2) is 4.98 Å². The normalized spacial score (nSPS) is 17.9. The van der Waals surface area contributed by atoms with E-state index in [1.807, 2.05) is 66.4 Å². The quantitative estimate of drug-likeness (QED) is 0.543. The molecule has 5 nitrogen and oxygen atoms in total. The number of hydrogen-bond acceptors (Lipinski definition) is 3. The minimum atomic E-state index is -0.194. The Morgan fingerprint density at radius 1 is 1.03 bits per heavy atom. The Morgan fingerprint density at radius 2 is 1.73 bits per heavy atom. The van der Waals surface area contributed by atoms with Gasteiger partial charge in [0.1, 0.15) is 5.15 Å². The van der Waals surface area contributed by atoms with Crippen molar-refractivity contribution in [2.75, 3.05) is 9.80 Å². The van der Waals surface area contributed by atoms with Crippen LogP contribution in [-0.4, -0.2) is 22.8 Å². The fourth-order valence-corrected chi connectivity index (χ4v) is 4.38. The van der Waals surface area contributed by atoms with Crippen LogP contribution in [-0.2, 0) is 4.79 Å². The summed E-state index contributed by atoms with van der Waals surface area (Å²) in [4.78, 5) is 33.7. The molecule has 1 aliphatic heterocycles. The summed E-state index contributed by atoms with van der Waals surface area (Å²) in [5.74, 6) is -0.233. The number of nitrogens with zero attached hydrogens (tertiary/aromatic N) is 3. The van der Waals surface area contributed by atoms with Crippen LogP contribution >= 0.6 is 11.6 Å². The third-order valence-corrected chi connectivity index (χ3v) is 5.76. The molecule has 0 aliphatic carbocycles. The maximum Gasteiger partial charge on any atom is 0.261 e. The molecule has 4 rings (SSSR count). The minimum Gasteiger partial charge on any atom is -0.305 e. The van der Waals surface area contributed by atoms with E-state index in [2.05, 4.69) is 4.98 Å². The van der Waals surface area contributed by atoms with Crippen LogP contribution < -0.4 is 9.80 Å². The Kier molecular flexibility index (Phi) is 5.55. The van der Waals surface area contributed by atoms with Gasteiger partial charge in [-0.1, -0.05) is 48.0 Å². The largest absolute Gasteiger partial charge is 0.305 e. The maximum absolute atomic E-state index is 13.4. The molecule has 0 N–H and O–H groups in total. The highest BCUT2D eigenvalue weighted by Gasteiger charge is 2.38. The second-order valence-corrected chi connectivity index (χ2v) is 7.76. The van der Waals surface area contributed by atoms with E-state index in [9.17, 15) is 9.59 Å². The lowest BCUT2D eigenvalue weighted by molar-refractivity contribution is -0.117. The van der Waals surface area contributed by atoms with Gasteiger partial charge in [0.2, 0.25) is 5.91 Å². The summed E-state index contributed by atoms with van der Waals surface area (Å²) in [6.07, 6.45) is 2.17. The van der Waals surface area contributed by atoms with Crippen LogP contribution in [0.5, 0.6) is 0 Å². The molecule has 0 saturated carbocycles. The zero-order valence-electron chi connectivity index (χ0n) is 16.8. The number of para-hydroxylation sites is 2. The Bertz CT molecular complexity index is 1090. The molecule has 0 radical (unpaired) electrons. The van der Waals surface area contributed by atoms with E-state index in [1.54, 1.807) is 30.2 Å². The predicted molar refractivity (Wildman–Crippen MR) is 119 cm³/mol. The van der Waals surface area contributed by atoms with Crippen molar-refractivity contribution >= 4 is 34.8 Å². The first-order valence-corrected chi connectivity index (χ1v) is 10.2. The first kappa shape index (κ1) is 20.1. The van der Waals surface area contributed by atoms with Crippen molar-refractivity contribution in [2.45, 2.75) is 32.4 Å². The Morgan fingerprint density at radius 3 is 2.43 bits per heavy atom. The number of halogens is 1. The molecule has 0 spiro atoms. The number of pyridine rings is 1. The molecule has 2 amide bonds. The molecule has 2 atom stereocenters. The van der Waals surface area contributed by atoms with Crippen molar-refractivity contribution in [3.05, 3.63) is 89.2 Å². The van der Waals surface area contributed by atoms with Gasteiger partial charge in [-0.15, -0.1) is 0 Å². The fraction of sp³-hybridized carbons (Fsp3) is 0.208. The summed E-state index contributed by atoms with van der Waals surface area (Å²) < 4.78 is 0. The van der Waals surface area contributed by atoms with Crippen LogP contribution in [0.25, 0.3) is 0 Å². The molecule has 152 valence electrons. The van der Waals surface area contributed by atoms with E-state index in [0.29, 0.717) is 12.0 Å². The molecule has 1 aromatic heterocycles. The molecular weight excluding hydrogens is 398 g/mol. The van der Waals surface area contributed by atoms with Crippen LogP contribution in [0.15, 0.2) is 72.9 Å². The second kappa shape index (κ2) is 8.28. The van der Waals surface area contributed by atoms with Crippen molar-refractivity contribution < 1.29 is 9.59 Å². The molecular formula is C24H22ClN3O2. The first-order chi connectivity index (χ1) is 14.5. The highest BCUT2D eigenvalue weighted by molar-refractivity contribution is 6.33. The topological polar surface area (TPSA) is 53.5 Å². The SMILES string of the molecule is CC(=O)N(c1ccccc1)[C@H]1C[C@@H](C)N(C(=O)c2cccnc2Cl)c2ccccc21. The number of carbonyl (C=O) groups excluding carboxylic acids is 2. The molecule has 6 heteroatoms.